The molecule has 0 unspecified atom stereocenters. The van der Waals surface area contributed by atoms with Gasteiger partial charge in [-0.15, -0.1) is 0 Å². The van der Waals surface area contributed by atoms with Gasteiger partial charge in [0.25, 0.3) is 0 Å². The van der Waals surface area contributed by atoms with E-state index in [2.05, 4.69) is 14.8 Å². The topological polar surface area (TPSA) is 96.7 Å². The lowest BCUT2D eigenvalue weighted by Gasteiger charge is -2.44. The molecule has 0 saturated carbocycles. The van der Waals surface area contributed by atoms with Crippen molar-refractivity contribution in [1.29, 1.82) is 0 Å². The maximum absolute atomic E-state index is 10.1. The van der Waals surface area contributed by atoms with Crippen molar-refractivity contribution in [1.82, 2.24) is 29.7 Å². The average molecular weight is 622 g/mol. The van der Waals surface area contributed by atoms with E-state index in [1.165, 1.54) is 12.8 Å². The quantitative estimate of drug-likeness (QED) is 0.251. The van der Waals surface area contributed by atoms with E-state index < -0.39 is 5.60 Å². The summed E-state index contributed by atoms with van der Waals surface area (Å²) in [6.07, 6.45) is 5.86. The summed E-state index contributed by atoms with van der Waals surface area (Å²) in [6.45, 7) is 6.35. The molecule has 2 aliphatic heterocycles. The van der Waals surface area contributed by atoms with E-state index >= 15 is 0 Å². The van der Waals surface area contributed by atoms with E-state index in [0.29, 0.717) is 70.6 Å². The van der Waals surface area contributed by atoms with Crippen molar-refractivity contribution in [2.45, 2.75) is 38.5 Å². The van der Waals surface area contributed by atoms with Crippen LogP contribution < -0.4 is 9.47 Å². The highest BCUT2D eigenvalue weighted by molar-refractivity contribution is 6.39. The second kappa shape index (κ2) is 12.3. The monoisotopic (exact) mass is 620 g/mol. The molecule has 2 aliphatic rings. The van der Waals surface area contributed by atoms with E-state index in [4.69, 9.17) is 47.6 Å². The van der Waals surface area contributed by atoms with Crippen LogP contribution in [0.5, 0.6) is 11.8 Å². The minimum absolute atomic E-state index is 0.422. The van der Waals surface area contributed by atoms with Crippen LogP contribution in [0.2, 0.25) is 10.0 Å². The van der Waals surface area contributed by atoms with E-state index in [9.17, 15) is 5.11 Å². The fourth-order valence-corrected chi connectivity index (χ4v) is 6.52. The number of aliphatic hydroxyl groups is 1. The average Bonchev–Trinajstić information content (AvgIpc) is 3.50. The Labute approximate surface area is 261 Å². The molecule has 2 saturated heterocycles. The van der Waals surface area contributed by atoms with Crippen LogP contribution in [-0.2, 0) is 13.1 Å². The second-order valence-electron chi connectivity index (χ2n) is 11.4. The number of hydrogen-bond donors (Lipinski definition) is 1. The highest BCUT2D eigenvalue weighted by atomic mass is 35.5. The van der Waals surface area contributed by atoms with Crippen molar-refractivity contribution >= 4 is 23.2 Å². The van der Waals surface area contributed by atoms with Gasteiger partial charge in [0.2, 0.25) is 11.8 Å². The van der Waals surface area contributed by atoms with E-state index in [-0.39, 0.29) is 0 Å². The summed E-state index contributed by atoms with van der Waals surface area (Å²) in [5, 5.41) is 11.1. The fourth-order valence-electron chi connectivity index (χ4n) is 5.87. The van der Waals surface area contributed by atoms with E-state index in [1.807, 2.05) is 43.3 Å². The normalized spacial score (nSPS) is 16.7. The molecule has 0 bridgehead atoms. The summed E-state index contributed by atoms with van der Waals surface area (Å²) in [6, 6.07) is 11.5. The molecule has 4 aromatic rings. The van der Waals surface area contributed by atoms with Gasteiger partial charge in [0.05, 0.1) is 53.6 Å². The van der Waals surface area contributed by atoms with Crippen LogP contribution >= 0.6 is 23.2 Å². The number of nitrogens with zero attached hydrogens (tertiary/aromatic N) is 6. The van der Waals surface area contributed by atoms with Gasteiger partial charge in [-0.25, -0.2) is 9.97 Å². The SMILES string of the molecule is COc1nc(-c2cccc(-c3cccc(-c4cnc(CN5CC(C)(O)C5)c(OC)n4)c3Cl)c2Cl)cnc1CN1CCCC1. The predicted octanol–water partition coefficient (Wildman–Crippen LogP) is 5.75. The molecule has 0 amide bonds. The van der Waals surface area contributed by atoms with Crippen LogP contribution in [0.3, 0.4) is 0 Å². The molecular weight excluding hydrogens is 587 g/mol. The Morgan fingerprint density at radius 2 is 1.19 bits per heavy atom. The molecule has 0 spiro atoms. The molecule has 6 rings (SSSR count). The van der Waals surface area contributed by atoms with Gasteiger partial charge in [0, 0.05) is 48.4 Å². The van der Waals surface area contributed by atoms with Gasteiger partial charge in [-0.1, -0.05) is 59.6 Å². The molecule has 2 aromatic carbocycles. The minimum Gasteiger partial charge on any atom is -0.480 e. The number of methoxy groups -OCH3 is 2. The second-order valence-corrected chi connectivity index (χ2v) is 12.1. The number of β-amino-alcohol motifs (C(OH)–C–C–N with tert-alkyl or cyclic N) is 1. The molecule has 9 nitrogen and oxygen atoms in total. The Morgan fingerprint density at radius 3 is 1.63 bits per heavy atom. The van der Waals surface area contributed by atoms with Crippen LogP contribution in [-0.4, -0.2) is 80.8 Å². The first-order chi connectivity index (χ1) is 20.8. The zero-order valence-electron chi connectivity index (χ0n) is 24.5. The molecule has 224 valence electrons. The van der Waals surface area contributed by atoms with Gasteiger partial charge in [0.1, 0.15) is 11.4 Å². The maximum Gasteiger partial charge on any atom is 0.237 e. The molecular formula is C32H34Cl2N6O3. The van der Waals surface area contributed by atoms with Crippen LogP contribution in [0.4, 0.5) is 0 Å². The van der Waals surface area contributed by atoms with Crippen molar-refractivity contribution in [2.75, 3.05) is 40.4 Å². The number of rotatable bonds is 9. The Balaban J connectivity index is 1.30. The highest BCUT2D eigenvalue weighted by Gasteiger charge is 2.37. The molecule has 0 radical (unpaired) electrons. The fraction of sp³-hybridized carbons (Fsp3) is 0.375. The lowest BCUT2D eigenvalue weighted by atomic mass is 9.97. The van der Waals surface area contributed by atoms with E-state index in [0.717, 1.165) is 35.5 Å². The van der Waals surface area contributed by atoms with Crippen molar-refractivity contribution in [3.05, 3.63) is 70.2 Å². The van der Waals surface area contributed by atoms with Crippen molar-refractivity contribution in [3.8, 4) is 45.4 Å². The van der Waals surface area contributed by atoms with Crippen molar-refractivity contribution in [2.24, 2.45) is 0 Å². The third-order valence-corrected chi connectivity index (χ3v) is 8.74. The molecule has 0 aliphatic carbocycles. The summed E-state index contributed by atoms with van der Waals surface area (Å²) in [5.74, 6) is 0.924. The molecule has 43 heavy (non-hydrogen) atoms. The summed E-state index contributed by atoms with van der Waals surface area (Å²) in [4.78, 5) is 23.3. The van der Waals surface area contributed by atoms with Crippen LogP contribution in [0.25, 0.3) is 33.6 Å². The van der Waals surface area contributed by atoms with Gasteiger partial charge in [-0.3, -0.25) is 19.8 Å². The van der Waals surface area contributed by atoms with Crippen LogP contribution in [0.15, 0.2) is 48.8 Å². The standard InChI is InChI=1S/C32H34Cl2N6O3/c1-32(41)18-40(19-32)17-27-31(43-3)38-25(15-36-27)23-11-7-9-21(29(23)34)20-8-6-10-22(28(20)33)24-14-35-26(30(37-24)42-2)16-39-12-4-5-13-39/h6-11,14-15,41H,4-5,12-13,16-19H2,1-3H3. The summed E-state index contributed by atoms with van der Waals surface area (Å²) >= 11 is 14.1. The molecule has 11 heteroatoms. The van der Waals surface area contributed by atoms with Gasteiger partial charge in [-0.05, 0) is 32.9 Å². The number of aromatic nitrogens is 4. The maximum atomic E-state index is 10.1. The predicted molar refractivity (Wildman–Crippen MR) is 167 cm³/mol. The Bertz CT molecular complexity index is 1640. The number of halogens is 2. The summed E-state index contributed by atoms with van der Waals surface area (Å²) in [7, 11) is 3.19. The molecule has 2 aromatic heterocycles. The Kier molecular flexibility index (Phi) is 8.53. The van der Waals surface area contributed by atoms with Gasteiger partial charge in [0.15, 0.2) is 0 Å². The minimum atomic E-state index is -0.664. The van der Waals surface area contributed by atoms with Crippen molar-refractivity contribution in [3.63, 3.8) is 0 Å². The summed E-state index contributed by atoms with van der Waals surface area (Å²) < 4.78 is 11.2. The van der Waals surface area contributed by atoms with Crippen molar-refractivity contribution < 1.29 is 14.6 Å². The lowest BCUT2D eigenvalue weighted by molar-refractivity contribution is -0.0878. The number of likely N-dealkylation sites (tertiary alicyclic amines) is 2. The molecule has 4 heterocycles. The highest BCUT2D eigenvalue weighted by Crippen LogP contribution is 2.42. The Morgan fingerprint density at radius 1 is 0.744 bits per heavy atom. The molecule has 2 fully saturated rings. The lowest BCUT2D eigenvalue weighted by Crippen LogP contribution is -2.59. The van der Waals surface area contributed by atoms with Crippen LogP contribution in [0, 0.1) is 0 Å². The number of ether oxygens (including phenoxy) is 2. The number of benzene rings is 2. The van der Waals surface area contributed by atoms with Gasteiger partial charge >= 0.3 is 0 Å². The first kappa shape index (κ1) is 29.7. The van der Waals surface area contributed by atoms with Gasteiger partial charge in [-0.2, -0.15) is 0 Å². The zero-order chi connectivity index (χ0) is 30.1. The van der Waals surface area contributed by atoms with Crippen LogP contribution in [0.1, 0.15) is 31.2 Å². The third-order valence-electron chi connectivity index (χ3n) is 7.92. The molecule has 1 N–H and O–H groups in total. The largest absolute Gasteiger partial charge is 0.480 e. The summed E-state index contributed by atoms with van der Waals surface area (Å²) in [5.41, 5.74) is 5.01. The van der Waals surface area contributed by atoms with Gasteiger partial charge < -0.3 is 14.6 Å². The zero-order valence-corrected chi connectivity index (χ0v) is 26.0. The Hall–Kier alpha value is -3.34. The van der Waals surface area contributed by atoms with E-state index in [1.54, 1.807) is 26.6 Å². The smallest absolute Gasteiger partial charge is 0.237 e. The number of hydrogen-bond acceptors (Lipinski definition) is 9. The first-order valence-electron chi connectivity index (χ1n) is 14.3. The molecule has 0 atom stereocenters. The third kappa shape index (κ3) is 6.18. The first-order valence-corrected chi connectivity index (χ1v) is 15.1.